The third-order valence-corrected chi connectivity index (χ3v) is 5.51. The molecule has 0 spiro atoms. The summed E-state index contributed by atoms with van der Waals surface area (Å²) in [4.78, 5) is 30.4. The average molecular weight is 382 g/mol. The highest BCUT2D eigenvalue weighted by Gasteiger charge is 2.50. The van der Waals surface area contributed by atoms with Gasteiger partial charge in [-0.25, -0.2) is 0 Å². The second-order valence-corrected chi connectivity index (χ2v) is 7.51. The minimum atomic E-state index is -0.609. The third kappa shape index (κ3) is 3.08. The van der Waals surface area contributed by atoms with Gasteiger partial charge in [0, 0.05) is 36.7 Å². The maximum Gasteiger partial charge on any atom is 0.256 e. The number of aromatic nitrogens is 1. The molecule has 2 amide bonds. The molecule has 1 aromatic heterocycles. The van der Waals surface area contributed by atoms with Crippen LogP contribution in [-0.4, -0.2) is 41.8 Å². The van der Waals surface area contributed by atoms with Gasteiger partial charge in [-0.1, -0.05) is 35.9 Å². The number of rotatable bonds is 4. The zero-order chi connectivity index (χ0) is 19.0. The van der Waals surface area contributed by atoms with E-state index in [4.69, 9.17) is 11.6 Å². The van der Waals surface area contributed by atoms with Crippen LogP contribution in [0.4, 0.5) is 0 Å². The van der Waals surface area contributed by atoms with Crippen molar-refractivity contribution >= 4 is 34.3 Å². The van der Waals surface area contributed by atoms with E-state index in [1.165, 1.54) is 0 Å². The van der Waals surface area contributed by atoms with E-state index in [1.807, 2.05) is 54.7 Å². The minimum Gasteiger partial charge on any atom is -0.361 e. The fourth-order valence-electron chi connectivity index (χ4n) is 3.86. The van der Waals surface area contributed by atoms with E-state index in [0.29, 0.717) is 30.1 Å². The van der Waals surface area contributed by atoms with E-state index in [1.54, 1.807) is 11.9 Å². The first-order valence-electron chi connectivity index (χ1n) is 8.84. The molecule has 0 saturated carbocycles. The highest BCUT2D eigenvalue weighted by molar-refractivity contribution is 6.30. The van der Waals surface area contributed by atoms with E-state index in [9.17, 15) is 9.59 Å². The Morgan fingerprint density at radius 3 is 2.59 bits per heavy atom. The summed E-state index contributed by atoms with van der Waals surface area (Å²) in [5.74, 6) is -0.0988. The monoisotopic (exact) mass is 381 g/mol. The molecule has 6 heteroatoms. The molecule has 0 unspecified atom stereocenters. The van der Waals surface area contributed by atoms with E-state index in [-0.39, 0.29) is 11.8 Å². The number of nitrogens with one attached hydrogen (secondary N) is 2. The number of carbonyl (C=O) groups excluding carboxylic acids is 2. The van der Waals surface area contributed by atoms with Gasteiger partial charge in [0.05, 0.1) is 16.5 Å². The highest BCUT2D eigenvalue weighted by atomic mass is 35.5. The largest absolute Gasteiger partial charge is 0.361 e. The van der Waals surface area contributed by atoms with Gasteiger partial charge in [-0.2, -0.15) is 0 Å². The molecular weight excluding hydrogens is 362 g/mol. The second-order valence-electron chi connectivity index (χ2n) is 7.07. The number of carbonyl (C=O) groups is 2. The molecule has 2 aromatic carbocycles. The molecule has 0 radical (unpaired) electrons. The summed E-state index contributed by atoms with van der Waals surface area (Å²) in [5.41, 5.74) is 1.88. The summed E-state index contributed by atoms with van der Waals surface area (Å²) in [5, 5.41) is 4.42. The van der Waals surface area contributed by atoms with Crippen molar-refractivity contribution in [3.8, 4) is 0 Å². The summed E-state index contributed by atoms with van der Waals surface area (Å²) in [6.45, 7) is 0.788. The maximum absolute atomic E-state index is 13.0. The Morgan fingerprint density at radius 1 is 1.15 bits per heavy atom. The number of aromatic amines is 1. The number of fused-ring (bicyclic) bond motifs is 1. The van der Waals surface area contributed by atoms with Crippen molar-refractivity contribution < 1.29 is 9.59 Å². The van der Waals surface area contributed by atoms with Crippen molar-refractivity contribution in [2.45, 2.75) is 6.42 Å². The fraction of sp³-hybridized carbons (Fsp3) is 0.238. The number of H-pyrrole nitrogens is 1. The van der Waals surface area contributed by atoms with Crippen molar-refractivity contribution in [1.82, 2.24) is 15.2 Å². The molecule has 2 heterocycles. The van der Waals surface area contributed by atoms with E-state index in [2.05, 4.69) is 10.3 Å². The Morgan fingerprint density at radius 2 is 1.89 bits per heavy atom. The zero-order valence-electron chi connectivity index (χ0n) is 15.0. The van der Waals surface area contributed by atoms with Crippen molar-refractivity contribution in [2.75, 3.05) is 20.1 Å². The molecule has 0 bridgehead atoms. The molecule has 27 heavy (non-hydrogen) atoms. The molecule has 0 aliphatic carbocycles. The smallest absolute Gasteiger partial charge is 0.256 e. The van der Waals surface area contributed by atoms with E-state index in [0.717, 1.165) is 16.5 Å². The lowest BCUT2D eigenvalue weighted by atomic mass is 9.73. The van der Waals surface area contributed by atoms with Gasteiger partial charge in [0.25, 0.3) is 5.91 Å². The average Bonchev–Trinajstić information content (AvgIpc) is 3.13. The Hall–Kier alpha value is -2.79. The lowest BCUT2D eigenvalue weighted by Crippen LogP contribution is -2.65. The molecule has 1 fully saturated rings. The molecule has 5 nitrogen and oxygen atoms in total. The second kappa shape index (κ2) is 6.74. The third-order valence-electron chi connectivity index (χ3n) is 5.26. The van der Waals surface area contributed by atoms with E-state index >= 15 is 0 Å². The lowest BCUT2D eigenvalue weighted by molar-refractivity contribution is -0.138. The predicted molar refractivity (Wildman–Crippen MR) is 106 cm³/mol. The van der Waals surface area contributed by atoms with Gasteiger partial charge < -0.3 is 15.2 Å². The van der Waals surface area contributed by atoms with Crippen LogP contribution >= 0.6 is 11.6 Å². The Bertz CT molecular complexity index is 1000. The van der Waals surface area contributed by atoms with Crippen LogP contribution in [0.3, 0.4) is 0 Å². The Balaban J connectivity index is 1.56. The zero-order valence-corrected chi connectivity index (χ0v) is 15.7. The summed E-state index contributed by atoms with van der Waals surface area (Å²) >= 11 is 5.96. The topological polar surface area (TPSA) is 65.2 Å². The first-order chi connectivity index (χ1) is 13.0. The molecule has 1 aliphatic heterocycles. The van der Waals surface area contributed by atoms with Crippen molar-refractivity contribution in [1.29, 1.82) is 0 Å². The van der Waals surface area contributed by atoms with Crippen molar-refractivity contribution in [3.63, 3.8) is 0 Å². The number of nitrogens with zero attached hydrogens (tertiary/aromatic N) is 1. The normalized spacial score (nSPS) is 15.4. The van der Waals surface area contributed by atoms with E-state index < -0.39 is 5.41 Å². The quantitative estimate of drug-likeness (QED) is 0.728. The summed E-state index contributed by atoms with van der Waals surface area (Å²) in [6.07, 6.45) is 2.40. The van der Waals surface area contributed by atoms with Crippen LogP contribution in [0.2, 0.25) is 5.02 Å². The van der Waals surface area contributed by atoms with Gasteiger partial charge >= 0.3 is 0 Å². The molecular formula is C21H20ClN3O2. The first kappa shape index (κ1) is 17.6. The summed E-state index contributed by atoms with van der Waals surface area (Å²) in [6, 6.07) is 15.1. The number of benzene rings is 2. The number of likely N-dealkylation sites (tertiary alicyclic amines) is 1. The SMILES string of the molecule is CNC(=O)C1(Cc2ccc(Cl)cc2)CN(C(=O)c2cccc3cc[nH]c23)C1. The van der Waals surface area contributed by atoms with Crippen LogP contribution in [0.5, 0.6) is 0 Å². The molecule has 0 atom stereocenters. The van der Waals surface area contributed by atoms with Gasteiger partial charge in [0.15, 0.2) is 0 Å². The molecule has 4 rings (SSSR count). The first-order valence-corrected chi connectivity index (χ1v) is 9.22. The van der Waals surface area contributed by atoms with Crippen LogP contribution in [0, 0.1) is 5.41 Å². The fourth-order valence-corrected chi connectivity index (χ4v) is 3.98. The van der Waals surface area contributed by atoms with Crippen LogP contribution in [0.25, 0.3) is 10.9 Å². The molecule has 2 N–H and O–H groups in total. The molecule has 3 aromatic rings. The Labute approximate surface area is 162 Å². The lowest BCUT2D eigenvalue weighted by Gasteiger charge is -2.48. The van der Waals surface area contributed by atoms with Gasteiger partial charge in [0.2, 0.25) is 5.91 Å². The highest BCUT2D eigenvalue weighted by Crippen LogP contribution is 2.36. The van der Waals surface area contributed by atoms with Gasteiger partial charge in [0.1, 0.15) is 0 Å². The summed E-state index contributed by atoms with van der Waals surface area (Å²) in [7, 11) is 1.64. The number of para-hydroxylation sites is 1. The van der Waals surface area contributed by atoms with Gasteiger partial charge in [-0.05, 0) is 36.2 Å². The van der Waals surface area contributed by atoms with Crippen molar-refractivity contribution in [2.24, 2.45) is 5.41 Å². The molecule has 138 valence electrons. The maximum atomic E-state index is 13.0. The van der Waals surface area contributed by atoms with Crippen molar-refractivity contribution in [3.05, 3.63) is 70.9 Å². The van der Waals surface area contributed by atoms with Gasteiger partial charge in [-0.3, -0.25) is 9.59 Å². The number of hydrogen-bond donors (Lipinski definition) is 2. The van der Waals surface area contributed by atoms with Crippen LogP contribution < -0.4 is 5.32 Å². The summed E-state index contributed by atoms with van der Waals surface area (Å²) < 4.78 is 0. The number of amides is 2. The number of halogens is 1. The van der Waals surface area contributed by atoms with Crippen LogP contribution in [-0.2, 0) is 11.2 Å². The molecule has 1 aliphatic rings. The predicted octanol–water partition coefficient (Wildman–Crippen LogP) is 3.25. The molecule has 1 saturated heterocycles. The van der Waals surface area contributed by atoms with Crippen LogP contribution in [0.1, 0.15) is 15.9 Å². The van der Waals surface area contributed by atoms with Crippen LogP contribution in [0.15, 0.2) is 54.7 Å². The Kier molecular flexibility index (Phi) is 4.40. The standard InChI is InChI=1S/C21H20ClN3O2/c1-23-20(27)21(11-14-5-7-16(22)8-6-14)12-25(13-21)19(26)17-4-2-3-15-9-10-24-18(15)17/h2-10,24H,11-13H2,1H3,(H,23,27). The number of hydrogen-bond acceptors (Lipinski definition) is 2. The van der Waals surface area contributed by atoms with Gasteiger partial charge in [-0.15, -0.1) is 0 Å². The minimum absolute atomic E-state index is 0.0421.